The first kappa shape index (κ1) is 18.7. The number of hydrogen-bond donors (Lipinski definition) is 2. The van der Waals surface area contributed by atoms with Crippen LogP contribution >= 0.6 is 0 Å². The van der Waals surface area contributed by atoms with Gasteiger partial charge in [0.2, 0.25) is 10.0 Å². The van der Waals surface area contributed by atoms with Gasteiger partial charge in [-0.05, 0) is 44.5 Å². The van der Waals surface area contributed by atoms with E-state index in [9.17, 15) is 13.2 Å². The number of benzene rings is 1. The number of hydrogen-bond acceptors (Lipinski definition) is 3. The first-order valence-electron chi connectivity index (χ1n) is 8.42. The van der Waals surface area contributed by atoms with Gasteiger partial charge in [-0.15, -0.1) is 0 Å². The van der Waals surface area contributed by atoms with Gasteiger partial charge in [0.05, 0.1) is 10.9 Å². The summed E-state index contributed by atoms with van der Waals surface area (Å²) in [5.74, 6) is 0. The van der Waals surface area contributed by atoms with Gasteiger partial charge in [-0.25, -0.2) is 17.9 Å². The minimum absolute atomic E-state index is 0.115. The Labute approximate surface area is 144 Å². The van der Waals surface area contributed by atoms with Gasteiger partial charge < -0.3 is 10.2 Å². The molecule has 0 bridgehead atoms. The molecular weight excluding hydrogens is 326 g/mol. The number of rotatable bonds is 5. The normalized spacial score (nSPS) is 17.3. The standard InChI is InChI=1S/C17H27N3O3S/c1-13(14-8-7-11-16(12-14)24(22,23)18-2)19-17(21)20(3)15-9-5-4-6-10-15/h7-8,11-13,15,18H,4-6,9-10H2,1-3H3,(H,19,21). The van der Waals surface area contributed by atoms with Crippen molar-refractivity contribution in [2.75, 3.05) is 14.1 Å². The van der Waals surface area contributed by atoms with Crippen LogP contribution in [0, 0.1) is 0 Å². The Kier molecular flexibility index (Phi) is 6.23. The third kappa shape index (κ3) is 4.48. The summed E-state index contributed by atoms with van der Waals surface area (Å²) < 4.78 is 26.1. The van der Waals surface area contributed by atoms with Gasteiger partial charge >= 0.3 is 6.03 Å². The molecule has 1 fully saturated rings. The van der Waals surface area contributed by atoms with Crippen molar-refractivity contribution in [2.24, 2.45) is 0 Å². The van der Waals surface area contributed by atoms with Crippen molar-refractivity contribution in [1.82, 2.24) is 14.9 Å². The fraction of sp³-hybridized carbons (Fsp3) is 0.588. The van der Waals surface area contributed by atoms with Crippen molar-refractivity contribution >= 4 is 16.1 Å². The number of sulfonamides is 1. The number of urea groups is 1. The third-order valence-electron chi connectivity index (χ3n) is 4.72. The Morgan fingerprint density at radius 2 is 1.92 bits per heavy atom. The molecule has 0 aromatic heterocycles. The van der Waals surface area contributed by atoms with E-state index in [1.54, 1.807) is 17.0 Å². The van der Waals surface area contributed by atoms with Crippen molar-refractivity contribution in [3.8, 4) is 0 Å². The smallest absolute Gasteiger partial charge is 0.317 e. The highest BCUT2D eigenvalue weighted by molar-refractivity contribution is 7.89. The van der Waals surface area contributed by atoms with E-state index in [0.29, 0.717) is 6.04 Å². The maximum Gasteiger partial charge on any atom is 0.317 e. The van der Waals surface area contributed by atoms with Crippen LogP contribution in [-0.4, -0.2) is 39.5 Å². The highest BCUT2D eigenvalue weighted by Crippen LogP contribution is 2.22. The van der Waals surface area contributed by atoms with Gasteiger partial charge in [-0.2, -0.15) is 0 Å². The topological polar surface area (TPSA) is 78.5 Å². The van der Waals surface area contributed by atoms with E-state index in [0.717, 1.165) is 18.4 Å². The first-order valence-corrected chi connectivity index (χ1v) is 9.90. The van der Waals surface area contributed by atoms with Crippen LogP contribution in [0.1, 0.15) is 50.6 Å². The molecule has 0 spiro atoms. The van der Waals surface area contributed by atoms with E-state index in [1.807, 2.05) is 20.0 Å². The average Bonchev–Trinajstić information content (AvgIpc) is 2.61. The number of amides is 2. The fourth-order valence-electron chi connectivity index (χ4n) is 3.07. The zero-order valence-electron chi connectivity index (χ0n) is 14.6. The Morgan fingerprint density at radius 3 is 2.54 bits per heavy atom. The summed E-state index contributed by atoms with van der Waals surface area (Å²) in [6.45, 7) is 1.86. The Balaban J connectivity index is 2.05. The molecule has 24 heavy (non-hydrogen) atoms. The third-order valence-corrected chi connectivity index (χ3v) is 6.13. The lowest BCUT2D eigenvalue weighted by Crippen LogP contribution is -2.45. The van der Waals surface area contributed by atoms with Crippen molar-refractivity contribution in [2.45, 2.75) is 56.0 Å². The molecule has 0 saturated heterocycles. The van der Waals surface area contributed by atoms with Gasteiger partial charge in [0, 0.05) is 13.1 Å². The van der Waals surface area contributed by atoms with E-state index in [1.165, 1.54) is 32.4 Å². The highest BCUT2D eigenvalue weighted by atomic mass is 32.2. The van der Waals surface area contributed by atoms with Crippen LogP contribution in [-0.2, 0) is 10.0 Å². The minimum Gasteiger partial charge on any atom is -0.331 e. The van der Waals surface area contributed by atoms with Crippen LogP contribution in [0.5, 0.6) is 0 Å². The molecule has 0 radical (unpaired) electrons. The maximum absolute atomic E-state index is 12.4. The quantitative estimate of drug-likeness (QED) is 0.854. The van der Waals surface area contributed by atoms with E-state index in [2.05, 4.69) is 10.0 Å². The molecule has 0 heterocycles. The number of carbonyl (C=O) groups is 1. The molecule has 2 amide bonds. The maximum atomic E-state index is 12.4. The molecule has 1 unspecified atom stereocenters. The van der Waals surface area contributed by atoms with Crippen molar-refractivity contribution < 1.29 is 13.2 Å². The molecule has 7 heteroatoms. The van der Waals surface area contributed by atoms with Gasteiger partial charge in [0.1, 0.15) is 0 Å². The predicted molar refractivity (Wildman–Crippen MR) is 94.3 cm³/mol. The number of nitrogens with one attached hydrogen (secondary N) is 2. The average molecular weight is 353 g/mol. The Morgan fingerprint density at radius 1 is 1.25 bits per heavy atom. The van der Waals surface area contributed by atoms with Crippen LogP contribution in [0.25, 0.3) is 0 Å². The molecule has 1 atom stereocenters. The zero-order valence-corrected chi connectivity index (χ0v) is 15.4. The molecule has 1 aliphatic rings. The molecule has 1 aromatic rings. The van der Waals surface area contributed by atoms with Crippen molar-refractivity contribution in [1.29, 1.82) is 0 Å². The van der Waals surface area contributed by atoms with Crippen LogP contribution in [0.2, 0.25) is 0 Å². The monoisotopic (exact) mass is 353 g/mol. The molecule has 1 saturated carbocycles. The van der Waals surface area contributed by atoms with Crippen LogP contribution < -0.4 is 10.0 Å². The van der Waals surface area contributed by atoms with Gasteiger partial charge in [0.25, 0.3) is 0 Å². The van der Waals surface area contributed by atoms with Crippen molar-refractivity contribution in [3.63, 3.8) is 0 Å². The molecule has 1 aliphatic carbocycles. The molecule has 2 N–H and O–H groups in total. The predicted octanol–water partition coefficient (Wildman–Crippen LogP) is 2.63. The zero-order chi connectivity index (χ0) is 17.7. The summed E-state index contributed by atoms with van der Waals surface area (Å²) in [7, 11) is -0.275. The minimum atomic E-state index is -3.49. The lowest BCUT2D eigenvalue weighted by atomic mass is 9.95. The lowest BCUT2D eigenvalue weighted by Gasteiger charge is -2.32. The van der Waals surface area contributed by atoms with Crippen molar-refractivity contribution in [3.05, 3.63) is 29.8 Å². The summed E-state index contributed by atoms with van der Waals surface area (Å²) in [5.41, 5.74) is 0.761. The summed E-state index contributed by atoms with van der Waals surface area (Å²) in [6, 6.07) is 6.55. The van der Waals surface area contributed by atoms with Gasteiger partial charge in [-0.3, -0.25) is 0 Å². The van der Waals surface area contributed by atoms with Gasteiger partial charge in [-0.1, -0.05) is 31.4 Å². The Hall–Kier alpha value is -1.60. The molecule has 2 rings (SSSR count). The SMILES string of the molecule is CNS(=O)(=O)c1cccc(C(C)NC(=O)N(C)C2CCCCC2)c1. The van der Waals surface area contributed by atoms with Crippen LogP contribution in [0.3, 0.4) is 0 Å². The second kappa shape index (κ2) is 7.98. The first-order chi connectivity index (χ1) is 11.3. The van der Waals surface area contributed by atoms with E-state index in [-0.39, 0.29) is 17.0 Å². The van der Waals surface area contributed by atoms with E-state index >= 15 is 0 Å². The van der Waals surface area contributed by atoms with E-state index in [4.69, 9.17) is 0 Å². The number of carbonyl (C=O) groups excluding carboxylic acids is 1. The highest BCUT2D eigenvalue weighted by Gasteiger charge is 2.23. The summed E-state index contributed by atoms with van der Waals surface area (Å²) in [6.07, 6.45) is 5.68. The summed E-state index contributed by atoms with van der Waals surface area (Å²) in [5, 5.41) is 2.96. The molecule has 1 aromatic carbocycles. The second-order valence-corrected chi connectivity index (χ2v) is 8.24. The van der Waals surface area contributed by atoms with Crippen LogP contribution in [0.15, 0.2) is 29.2 Å². The largest absolute Gasteiger partial charge is 0.331 e. The number of nitrogens with zero attached hydrogens (tertiary/aromatic N) is 1. The second-order valence-electron chi connectivity index (χ2n) is 6.35. The Bertz CT molecular complexity index is 669. The lowest BCUT2D eigenvalue weighted by molar-refractivity contribution is 0.171. The molecule has 134 valence electrons. The fourth-order valence-corrected chi connectivity index (χ4v) is 3.86. The molecule has 6 nitrogen and oxygen atoms in total. The summed E-state index contributed by atoms with van der Waals surface area (Å²) in [4.78, 5) is 14.4. The van der Waals surface area contributed by atoms with Crippen LogP contribution in [0.4, 0.5) is 4.79 Å². The molecule has 0 aliphatic heterocycles. The van der Waals surface area contributed by atoms with E-state index < -0.39 is 10.0 Å². The molecular formula is C17H27N3O3S. The van der Waals surface area contributed by atoms with Gasteiger partial charge in [0.15, 0.2) is 0 Å². The summed E-state index contributed by atoms with van der Waals surface area (Å²) >= 11 is 0.